The van der Waals surface area contributed by atoms with Crippen molar-refractivity contribution in [2.45, 2.75) is 18.6 Å². The second kappa shape index (κ2) is 5.08. The number of H-pyrrole nitrogens is 1. The van der Waals surface area contributed by atoms with Gasteiger partial charge in [0.1, 0.15) is 0 Å². The first-order valence-electron chi connectivity index (χ1n) is 5.46. The summed E-state index contributed by atoms with van der Waals surface area (Å²) >= 11 is 0. The van der Waals surface area contributed by atoms with Gasteiger partial charge in [-0.25, -0.2) is 8.42 Å². The first-order chi connectivity index (χ1) is 8.46. The van der Waals surface area contributed by atoms with Crippen molar-refractivity contribution in [1.29, 1.82) is 0 Å². The number of nitrogens with one attached hydrogen (secondary N) is 1. The molecule has 2 rings (SSSR count). The molecule has 9 heteroatoms. The van der Waals surface area contributed by atoms with Crippen molar-refractivity contribution < 1.29 is 17.7 Å². The predicted molar refractivity (Wildman–Crippen MR) is 65.9 cm³/mol. The Hall–Kier alpha value is -0.770. The van der Waals surface area contributed by atoms with E-state index >= 15 is 0 Å². The normalized spacial score (nSPS) is 19.2. The first-order valence-corrected chi connectivity index (χ1v) is 8.39. The van der Waals surface area contributed by atoms with Crippen LogP contribution in [0.25, 0.3) is 0 Å². The molecule has 0 radical (unpaired) electrons. The molecule has 1 aliphatic rings. The van der Waals surface area contributed by atoms with E-state index in [1.807, 2.05) is 0 Å². The molecule has 0 atom stereocenters. The van der Waals surface area contributed by atoms with Crippen LogP contribution in [0.3, 0.4) is 0 Å². The van der Waals surface area contributed by atoms with Crippen LogP contribution in [0.1, 0.15) is 11.3 Å². The molecule has 0 bridgehead atoms. The van der Waals surface area contributed by atoms with Crippen LogP contribution in [0, 0.1) is 6.92 Å². The molecule has 1 fully saturated rings. The molecule has 2 N–H and O–H groups in total. The highest BCUT2D eigenvalue weighted by molar-refractivity contribution is 7.89. The fourth-order valence-corrected chi connectivity index (χ4v) is 4.69. The third kappa shape index (κ3) is 2.35. The van der Waals surface area contributed by atoms with Crippen molar-refractivity contribution in [3.63, 3.8) is 0 Å². The zero-order valence-corrected chi connectivity index (χ0v) is 11.6. The number of hydrogen-bond acceptors (Lipinski definition) is 5. The largest absolute Gasteiger partial charge is 0.392 e. The minimum absolute atomic E-state index is 0.129. The number of aromatic nitrogens is 2. The number of aliphatic hydroxyl groups is 1. The average molecular weight is 293 g/mol. The second-order valence-electron chi connectivity index (χ2n) is 4.04. The lowest BCUT2D eigenvalue weighted by Crippen LogP contribution is -2.42. The first kappa shape index (κ1) is 13.7. The number of nitrogens with zero attached hydrogens (tertiary/aromatic N) is 2. The topological polar surface area (TPSA) is 103 Å². The number of aryl methyl sites for hydroxylation is 1. The van der Waals surface area contributed by atoms with Crippen LogP contribution < -0.4 is 0 Å². The Morgan fingerprint density at radius 2 is 2.06 bits per heavy atom. The number of aliphatic hydroxyl groups excluding tert-OH is 1. The summed E-state index contributed by atoms with van der Waals surface area (Å²) in [6.45, 7) is 1.73. The van der Waals surface area contributed by atoms with Gasteiger partial charge in [-0.15, -0.1) is 0 Å². The van der Waals surface area contributed by atoms with Gasteiger partial charge in [0.05, 0.1) is 6.61 Å². The molecule has 7 nitrogen and oxygen atoms in total. The Morgan fingerprint density at radius 3 is 2.61 bits per heavy atom. The molecule has 0 saturated carbocycles. The maximum absolute atomic E-state index is 12.3. The van der Waals surface area contributed by atoms with E-state index in [1.165, 1.54) is 4.31 Å². The highest BCUT2D eigenvalue weighted by Gasteiger charge is 2.32. The van der Waals surface area contributed by atoms with Crippen LogP contribution in [-0.2, 0) is 27.4 Å². The summed E-state index contributed by atoms with van der Waals surface area (Å²) in [5, 5.41) is 15.4. The Labute approximate surface area is 108 Å². The van der Waals surface area contributed by atoms with Crippen molar-refractivity contribution in [1.82, 2.24) is 14.5 Å². The van der Waals surface area contributed by atoms with E-state index in [9.17, 15) is 17.7 Å². The van der Waals surface area contributed by atoms with Crippen molar-refractivity contribution in [3.05, 3.63) is 11.3 Å². The van der Waals surface area contributed by atoms with E-state index < -0.39 is 20.8 Å². The molecule has 18 heavy (non-hydrogen) atoms. The van der Waals surface area contributed by atoms with Gasteiger partial charge in [0.15, 0.2) is 5.03 Å². The molecule has 1 saturated heterocycles. The van der Waals surface area contributed by atoms with Crippen molar-refractivity contribution in [3.8, 4) is 0 Å². The number of rotatable bonds is 3. The molecule has 1 aliphatic heterocycles. The lowest BCUT2D eigenvalue weighted by molar-refractivity contribution is 0.277. The summed E-state index contributed by atoms with van der Waals surface area (Å²) in [7, 11) is -4.65. The predicted octanol–water partition coefficient (Wildman–Crippen LogP) is -1.04. The van der Waals surface area contributed by atoms with Crippen LogP contribution in [-0.4, -0.2) is 56.8 Å². The molecule has 1 aromatic rings. The fraction of sp³-hybridized carbons (Fsp3) is 0.667. The molecular formula is C9H15N3O4S2. The van der Waals surface area contributed by atoms with Gasteiger partial charge in [0.2, 0.25) is 0 Å². The van der Waals surface area contributed by atoms with Gasteiger partial charge in [-0.05, 0) is 6.92 Å². The minimum atomic E-state index is -3.71. The maximum atomic E-state index is 12.3. The lowest BCUT2D eigenvalue weighted by atomic mass is 10.3. The van der Waals surface area contributed by atoms with Crippen molar-refractivity contribution in [2.24, 2.45) is 0 Å². The average Bonchev–Trinajstić information content (AvgIpc) is 2.71. The summed E-state index contributed by atoms with van der Waals surface area (Å²) in [5.41, 5.74) is 0.832. The Kier molecular flexibility index (Phi) is 3.85. The third-order valence-electron chi connectivity index (χ3n) is 2.92. The molecule has 2 heterocycles. The Balaban J connectivity index is 2.33. The van der Waals surface area contributed by atoms with E-state index in [2.05, 4.69) is 10.2 Å². The van der Waals surface area contributed by atoms with Crippen molar-refractivity contribution in [2.75, 3.05) is 24.6 Å². The van der Waals surface area contributed by atoms with Gasteiger partial charge < -0.3 is 5.11 Å². The molecule has 0 unspecified atom stereocenters. The van der Waals surface area contributed by atoms with Gasteiger partial charge in [0, 0.05) is 46.7 Å². The number of hydrogen-bond donors (Lipinski definition) is 2. The molecule has 1 aromatic heterocycles. The third-order valence-corrected chi connectivity index (χ3v) is 6.06. The zero-order valence-electron chi connectivity index (χ0n) is 9.92. The van der Waals surface area contributed by atoms with Gasteiger partial charge in [-0.2, -0.15) is 9.40 Å². The van der Waals surface area contributed by atoms with Crippen LogP contribution in [0.2, 0.25) is 0 Å². The van der Waals surface area contributed by atoms with Crippen LogP contribution >= 0.6 is 0 Å². The van der Waals surface area contributed by atoms with E-state index in [0.29, 0.717) is 22.8 Å². The smallest absolute Gasteiger partial charge is 0.262 e. The summed E-state index contributed by atoms with van der Waals surface area (Å²) in [5.74, 6) is 0.689. The van der Waals surface area contributed by atoms with E-state index in [4.69, 9.17) is 0 Å². The lowest BCUT2D eigenvalue weighted by Gasteiger charge is -2.24. The maximum Gasteiger partial charge on any atom is 0.262 e. The molecular weight excluding hydrogens is 278 g/mol. The van der Waals surface area contributed by atoms with E-state index in [0.717, 1.165) is 0 Å². The standard InChI is InChI=1S/C9H15N3O4S2/c1-7-8(6-13)9(11-10-7)18(15,16)12-2-4-17(14)5-3-12/h13H,2-6H2,1H3,(H,10,11). The van der Waals surface area contributed by atoms with Gasteiger partial charge in [-0.1, -0.05) is 0 Å². The minimum Gasteiger partial charge on any atom is -0.392 e. The molecule has 0 aliphatic carbocycles. The van der Waals surface area contributed by atoms with Crippen LogP contribution in [0.4, 0.5) is 0 Å². The summed E-state index contributed by atoms with van der Waals surface area (Å²) in [4.78, 5) is 0. The number of aromatic amines is 1. The van der Waals surface area contributed by atoms with E-state index in [-0.39, 0.29) is 24.7 Å². The van der Waals surface area contributed by atoms with E-state index in [1.54, 1.807) is 6.92 Å². The zero-order chi connectivity index (χ0) is 13.3. The second-order valence-corrected chi connectivity index (χ2v) is 7.59. The van der Waals surface area contributed by atoms with Crippen LogP contribution in [0.15, 0.2) is 5.03 Å². The van der Waals surface area contributed by atoms with Crippen molar-refractivity contribution >= 4 is 20.8 Å². The SMILES string of the molecule is Cc1[nH]nc(S(=O)(=O)N2CCS(=O)CC2)c1CO. The van der Waals surface area contributed by atoms with Gasteiger partial charge in [0.25, 0.3) is 10.0 Å². The molecule has 0 spiro atoms. The monoisotopic (exact) mass is 293 g/mol. The summed E-state index contributed by atoms with van der Waals surface area (Å²) < 4.78 is 37.1. The van der Waals surface area contributed by atoms with Gasteiger partial charge in [-0.3, -0.25) is 9.31 Å². The summed E-state index contributed by atoms with van der Waals surface area (Å²) in [6.07, 6.45) is 0. The molecule has 102 valence electrons. The highest BCUT2D eigenvalue weighted by Crippen LogP contribution is 2.21. The molecule has 0 amide bonds. The highest BCUT2D eigenvalue weighted by atomic mass is 32.2. The Bertz CT molecular complexity index is 556. The number of sulfonamides is 1. The van der Waals surface area contributed by atoms with Crippen LogP contribution in [0.5, 0.6) is 0 Å². The van der Waals surface area contributed by atoms with Gasteiger partial charge >= 0.3 is 0 Å². The molecule has 0 aromatic carbocycles. The fourth-order valence-electron chi connectivity index (χ4n) is 1.81. The Morgan fingerprint density at radius 1 is 1.44 bits per heavy atom. The quantitative estimate of drug-likeness (QED) is 0.741. The summed E-state index contributed by atoms with van der Waals surface area (Å²) in [6, 6.07) is 0.